The van der Waals surface area contributed by atoms with Crippen LogP contribution in [0.1, 0.15) is 29.8 Å². The van der Waals surface area contributed by atoms with Crippen molar-refractivity contribution in [2.75, 3.05) is 13.1 Å². The van der Waals surface area contributed by atoms with E-state index in [1.54, 1.807) is 0 Å². The lowest BCUT2D eigenvalue weighted by Crippen LogP contribution is -2.23. The highest BCUT2D eigenvalue weighted by Gasteiger charge is 2.18. The van der Waals surface area contributed by atoms with E-state index in [1.165, 1.54) is 17.8 Å². The summed E-state index contributed by atoms with van der Waals surface area (Å²) < 4.78 is 16.1. The quantitative estimate of drug-likeness (QED) is 0.860. The van der Waals surface area contributed by atoms with Gasteiger partial charge in [-0.3, -0.25) is 4.68 Å². The molecule has 0 aliphatic heterocycles. The number of aryl methyl sites for hydroxylation is 2. The number of likely N-dealkylation sites (N-methyl/N-ethyl adjacent to an activating group) is 1. The highest BCUT2D eigenvalue weighted by molar-refractivity contribution is 9.10. The smallest absolute Gasteiger partial charge is 0.123 e. The van der Waals surface area contributed by atoms with Gasteiger partial charge < -0.3 is 5.32 Å². The number of hydrogen-bond acceptors (Lipinski definition) is 2. The third-order valence-electron chi connectivity index (χ3n) is 3.68. The average Bonchev–Trinajstić information content (AvgIpc) is 2.70. The highest BCUT2D eigenvalue weighted by atomic mass is 79.9. The summed E-state index contributed by atoms with van der Waals surface area (Å²) in [5, 5.41) is 7.83. The Bertz CT molecular complexity index is 592. The van der Waals surface area contributed by atoms with E-state index in [4.69, 9.17) is 0 Å². The molecule has 0 aliphatic rings. The van der Waals surface area contributed by atoms with E-state index < -0.39 is 0 Å². The fourth-order valence-corrected chi connectivity index (χ4v) is 2.99. The topological polar surface area (TPSA) is 29.9 Å². The molecule has 1 N–H and O–H groups in total. The number of rotatable bonds is 6. The lowest BCUT2D eigenvalue weighted by atomic mass is 9.94. The van der Waals surface area contributed by atoms with Gasteiger partial charge in [0.15, 0.2) is 0 Å². The molecular weight excluding hydrogens is 333 g/mol. The Labute approximate surface area is 133 Å². The van der Waals surface area contributed by atoms with E-state index in [2.05, 4.69) is 33.3 Å². The minimum absolute atomic E-state index is 0.196. The van der Waals surface area contributed by atoms with Crippen molar-refractivity contribution in [2.24, 2.45) is 7.05 Å². The molecule has 3 nitrogen and oxygen atoms in total. The lowest BCUT2D eigenvalue weighted by molar-refractivity contribution is 0.567. The van der Waals surface area contributed by atoms with E-state index >= 15 is 0 Å². The second-order valence-electron chi connectivity index (χ2n) is 5.23. The van der Waals surface area contributed by atoms with Gasteiger partial charge in [0.25, 0.3) is 0 Å². The van der Waals surface area contributed by atoms with Gasteiger partial charge in [0.05, 0.1) is 15.9 Å². The molecule has 0 aliphatic carbocycles. The molecule has 21 heavy (non-hydrogen) atoms. The van der Waals surface area contributed by atoms with Crippen LogP contribution in [0.5, 0.6) is 0 Å². The third kappa shape index (κ3) is 3.92. The van der Waals surface area contributed by atoms with Crippen LogP contribution in [0.3, 0.4) is 0 Å². The number of nitrogens with zero attached hydrogens (tertiary/aromatic N) is 2. The van der Waals surface area contributed by atoms with Gasteiger partial charge in [0.2, 0.25) is 0 Å². The van der Waals surface area contributed by atoms with Crippen molar-refractivity contribution < 1.29 is 4.39 Å². The Morgan fingerprint density at radius 1 is 1.33 bits per heavy atom. The Morgan fingerprint density at radius 3 is 2.52 bits per heavy atom. The molecule has 0 spiro atoms. The van der Waals surface area contributed by atoms with Gasteiger partial charge in [0.1, 0.15) is 5.82 Å². The highest BCUT2D eigenvalue weighted by Crippen LogP contribution is 2.27. The minimum atomic E-state index is -0.196. The monoisotopic (exact) mass is 353 g/mol. The zero-order chi connectivity index (χ0) is 15.4. The van der Waals surface area contributed by atoms with E-state index in [1.807, 2.05) is 30.8 Å². The van der Waals surface area contributed by atoms with Gasteiger partial charge in [-0.15, -0.1) is 0 Å². The first kappa shape index (κ1) is 16.2. The number of halogens is 2. The Kier molecular flexibility index (Phi) is 5.53. The van der Waals surface area contributed by atoms with Crippen LogP contribution in [0.15, 0.2) is 28.7 Å². The third-order valence-corrected chi connectivity index (χ3v) is 4.72. The van der Waals surface area contributed by atoms with Gasteiger partial charge in [-0.2, -0.15) is 5.10 Å². The van der Waals surface area contributed by atoms with E-state index in [0.29, 0.717) is 0 Å². The van der Waals surface area contributed by atoms with Crippen molar-refractivity contribution in [1.82, 2.24) is 15.1 Å². The number of nitrogens with one attached hydrogen (secondary N) is 1. The molecule has 0 amide bonds. The van der Waals surface area contributed by atoms with Crippen LogP contribution in [0, 0.1) is 12.7 Å². The predicted molar refractivity (Wildman–Crippen MR) is 87.0 cm³/mol. The molecule has 114 valence electrons. The maximum absolute atomic E-state index is 13.1. The second kappa shape index (κ2) is 7.18. The Hall–Kier alpha value is -1.20. The first-order chi connectivity index (χ1) is 10.0. The normalized spacial score (nSPS) is 12.6. The molecule has 1 heterocycles. The first-order valence-corrected chi connectivity index (χ1v) is 7.96. The number of aromatic nitrogens is 2. The van der Waals surface area contributed by atoms with Crippen molar-refractivity contribution in [3.8, 4) is 0 Å². The zero-order valence-electron chi connectivity index (χ0n) is 12.7. The minimum Gasteiger partial charge on any atom is -0.316 e. The lowest BCUT2D eigenvalue weighted by Gasteiger charge is -2.18. The maximum Gasteiger partial charge on any atom is 0.123 e. The first-order valence-electron chi connectivity index (χ1n) is 7.17. The van der Waals surface area contributed by atoms with Crippen molar-refractivity contribution in [1.29, 1.82) is 0 Å². The summed E-state index contributed by atoms with van der Waals surface area (Å²) in [6.45, 7) is 5.86. The molecule has 2 aromatic rings. The molecule has 1 unspecified atom stereocenters. The molecule has 2 rings (SSSR count). The molecule has 1 aromatic carbocycles. The fourth-order valence-electron chi connectivity index (χ4n) is 2.50. The van der Waals surface area contributed by atoms with E-state index in [-0.39, 0.29) is 11.7 Å². The number of benzene rings is 1. The Morgan fingerprint density at radius 2 is 2.00 bits per heavy atom. The maximum atomic E-state index is 13.1. The summed E-state index contributed by atoms with van der Waals surface area (Å²) in [5.41, 5.74) is 3.30. The van der Waals surface area contributed by atoms with Gasteiger partial charge in [-0.05, 0) is 53.5 Å². The second-order valence-corrected chi connectivity index (χ2v) is 6.02. The van der Waals surface area contributed by atoms with Crippen LogP contribution in [-0.2, 0) is 13.5 Å². The molecule has 0 saturated heterocycles. The van der Waals surface area contributed by atoms with Crippen LogP contribution >= 0.6 is 15.9 Å². The van der Waals surface area contributed by atoms with Gasteiger partial charge >= 0.3 is 0 Å². The summed E-state index contributed by atoms with van der Waals surface area (Å²) in [7, 11) is 1.96. The van der Waals surface area contributed by atoms with E-state index in [0.717, 1.165) is 35.2 Å². The van der Waals surface area contributed by atoms with Gasteiger partial charge in [-0.25, -0.2) is 4.39 Å². The van der Waals surface area contributed by atoms with Gasteiger partial charge in [0, 0.05) is 19.5 Å². The zero-order valence-corrected chi connectivity index (χ0v) is 14.2. The van der Waals surface area contributed by atoms with Crippen LogP contribution in [0.2, 0.25) is 0 Å². The van der Waals surface area contributed by atoms with Gasteiger partial charge in [-0.1, -0.05) is 19.1 Å². The van der Waals surface area contributed by atoms with Crippen molar-refractivity contribution in [2.45, 2.75) is 26.2 Å². The SMILES string of the molecule is CCNCC(Cc1c(Br)c(C)nn1C)c1ccc(F)cc1. The van der Waals surface area contributed by atoms with Crippen LogP contribution in [0.25, 0.3) is 0 Å². The molecule has 1 aromatic heterocycles. The molecular formula is C16H21BrFN3. The molecule has 0 fully saturated rings. The summed E-state index contributed by atoms with van der Waals surface area (Å²) in [4.78, 5) is 0. The van der Waals surface area contributed by atoms with Crippen molar-refractivity contribution in [3.63, 3.8) is 0 Å². The molecule has 1 atom stereocenters. The summed E-state index contributed by atoms with van der Waals surface area (Å²) in [6, 6.07) is 6.79. The largest absolute Gasteiger partial charge is 0.316 e. The summed E-state index contributed by atoms with van der Waals surface area (Å²) in [5.74, 6) is 0.0927. The van der Waals surface area contributed by atoms with Crippen molar-refractivity contribution >= 4 is 15.9 Å². The summed E-state index contributed by atoms with van der Waals surface area (Å²) >= 11 is 3.62. The molecule has 0 bridgehead atoms. The molecule has 0 radical (unpaired) electrons. The molecule has 0 saturated carbocycles. The summed E-state index contributed by atoms with van der Waals surface area (Å²) in [6.07, 6.45) is 0.858. The Balaban J connectivity index is 2.25. The van der Waals surface area contributed by atoms with E-state index in [9.17, 15) is 4.39 Å². The average molecular weight is 354 g/mol. The van der Waals surface area contributed by atoms with Crippen LogP contribution < -0.4 is 5.32 Å². The standard InChI is InChI=1S/C16H21BrFN3/c1-4-19-10-13(12-5-7-14(18)8-6-12)9-15-16(17)11(2)20-21(15)3/h5-8,13,19H,4,9-10H2,1-3H3. The molecule has 5 heteroatoms. The van der Waals surface area contributed by atoms with Crippen LogP contribution in [-0.4, -0.2) is 22.9 Å². The van der Waals surface area contributed by atoms with Crippen molar-refractivity contribution in [3.05, 3.63) is 51.5 Å². The fraction of sp³-hybridized carbons (Fsp3) is 0.438. The van der Waals surface area contributed by atoms with Crippen LogP contribution in [0.4, 0.5) is 4.39 Å². The number of hydrogen-bond donors (Lipinski definition) is 1. The predicted octanol–water partition coefficient (Wildman–Crippen LogP) is 3.57.